The zero-order valence-electron chi connectivity index (χ0n) is 11.0. The lowest BCUT2D eigenvalue weighted by Gasteiger charge is -2.09. The van der Waals surface area contributed by atoms with E-state index in [1.165, 1.54) is 19.2 Å². The van der Waals surface area contributed by atoms with E-state index in [9.17, 15) is 9.18 Å². The predicted octanol–water partition coefficient (Wildman–Crippen LogP) is 3.61. The highest BCUT2D eigenvalue weighted by atomic mass is 35.5. The van der Waals surface area contributed by atoms with Crippen molar-refractivity contribution in [1.82, 2.24) is 0 Å². The van der Waals surface area contributed by atoms with Crippen LogP contribution < -0.4 is 10.5 Å². The average Bonchev–Trinajstić information content (AvgIpc) is 2.42. The Kier molecular flexibility index (Phi) is 3.95. The Labute approximate surface area is 121 Å². The average molecular weight is 294 g/mol. The number of ether oxygens (including phenoxy) is 1. The fraction of sp³-hybridized carbons (Fsp3) is 0.133. The zero-order valence-corrected chi connectivity index (χ0v) is 11.8. The number of benzene rings is 2. The van der Waals surface area contributed by atoms with E-state index in [1.807, 2.05) is 0 Å². The first kappa shape index (κ1) is 14.3. The number of ketones is 1. The van der Waals surface area contributed by atoms with Crippen LogP contribution in [0, 0.1) is 12.7 Å². The predicted molar refractivity (Wildman–Crippen MR) is 77.0 cm³/mol. The van der Waals surface area contributed by atoms with Crippen molar-refractivity contribution >= 4 is 23.1 Å². The summed E-state index contributed by atoms with van der Waals surface area (Å²) in [5, 5.41) is 0.0777. The summed E-state index contributed by atoms with van der Waals surface area (Å²) >= 11 is 5.93. The van der Waals surface area contributed by atoms with Crippen molar-refractivity contribution in [1.29, 1.82) is 0 Å². The van der Waals surface area contributed by atoms with Crippen LogP contribution in [0.2, 0.25) is 5.02 Å². The van der Waals surface area contributed by atoms with Gasteiger partial charge in [0.2, 0.25) is 0 Å². The summed E-state index contributed by atoms with van der Waals surface area (Å²) in [5.74, 6) is -0.344. The van der Waals surface area contributed by atoms with E-state index in [1.54, 1.807) is 19.1 Å². The SMILES string of the molecule is COc1cc(C(=O)c2cc(C)c(F)cc2Cl)ccc1N. The smallest absolute Gasteiger partial charge is 0.194 e. The van der Waals surface area contributed by atoms with Gasteiger partial charge in [-0.3, -0.25) is 4.79 Å². The molecule has 2 aromatic carbocycles. The number of hydrogen-bond acceptors (Lipinski definition) is 3. The first-order valence-corrected chi connectivity index (χ1v) is 6.25. The molecule has 0 unspecified atom stereocenters. The molecule has 2 aromatic rings. The summed E-state index contributed by atoms with van der Waals surface area (Å²) in [7, 11) is 1.47. The van der Waals surface area contributed by atoms with Crippen LogP contribution in [-0.4, -0.2) is 12.9 Å². The van der Waals surface area contributed by atoms with Crippen LogP contribution in [0.3, 0.4) is 0 Å². The summed E-state index contributed by atoms with van der Waals surface area (Å²) < 4.78 is 18.4. The molecule has 0 aliphatic carbocycles. The Hall–Kier alpha value is -2.07. The minimum absolute atomic E-state index is 0.0777. The highest BCUT2D eigenvalue weighted by Crippen LogP contribution is 2.27. The van der Waals surface area contributed by atoms with E-state index in [2.05, 4.69) is 0 Å². The van der Waals surface area contributed by atoms with Crippen molar-refractivity contribution in [2.45, 2.75) is 6.92 Å². The summed E-state index contributed by atoms with van der Waals surface area (Å²) in [6.45, 7) is 1.58. The number of aryl methyl sites for hydroxylation is 1. The molecule has 2 N–H and O–H groups in total. The van der Waals surface area contributed by atoms with Crippen molar-refractivity contribution in [3.8, 4) is 5.75 Å². The first-order valence-electron chi connectivity index (χ1n) is 5.88. The Balaban J connectivity index is 2.49. The molecular weight excluding hydrogens is 281 g/mol. The second-order valence-corrected chi connectivity index (χ2v) is 4.77. The number of carbonyl (C=O) groups is 1. The summed E-state index contributed by atoms with van der Waals surface area (Å²) in [6, 6.07) is 7.26. The third kappa shape index (κ3) is 2.60. The fourth-order valence-corrected chi connectivity index (χ4v) is 2.08. The molecule has 3 nitrogen and oxygen atoms in total. The lowest BCUT2D eigenvalue weighted by Crippen LogP contribution is -2.05. The Morgan fingerprint density at radius 3 is 2.65 bits per heavy atom. The summed E-state index contributed by atoms with van der Waals surface area (Å²) in [4.78, 5) is 12.4. The Bertz CT molecular complexity index is 686. The molecule has 0 spiro atoms. The monoisotopic (exact) mass is 293 g/mol. The van der Waals surface area contributed by atoms with Gasteiger partial charge in [-0.05, 0) is 42.8 Å². The van der Waals surface area contributed by atoms with Gasteiger partial charge in [0.05, 0.1) is 17.8 Å². The van der Waals surface area contributed by atoms with Gasteiger partial charge >= 0.3 is 0 Å². The van der Waals surface area contributed by atoms with Gasteiger partial charge in [0.25, 0.3) is 0 Å². The molecule has 0 radical (unpaired) electrons. The summed E-state index contributed by atoms with van der Waals surface area (Å²) in [5.41, 5.74) is 7.12. The van der Waals surface area contributed by atoms with Gasteiger partial charge < -0.3 is 10.5 Å². The van der Waals surface area contributed by atoms with Gasteiger partial charge in [-0.25, -0.2) is 4.39 Å². The largest absolute Gasteiger partial charge is 0.495 e. The molecular formula is C15H13ClFNO2. The fourth-order valence-electron chi connectivity index (χ4n) is 1.84. The minimum Gasteiger partial charge on any atom is -0.495 e. The molecule has 2 rings (SSSR count). The Morgan fingerprint density at radius 2 is 2.00 bits per heavy atom. The maximum Gasteiger partial charge on any atom is 0.194 e. The van der Waals surface area contributed by atoms with Crippen LogP contribution >= 0.6 is 11.6 Å². The van der Waals surface area contributed by atoms with Crippen LogP contribution in [0.4, 0.5) is 10.1 Å². The number of carbonyl (C=O) groups excluding carboxylic acids is 1. The second-order valence-electron chi connectivity index (χ2n) is 4.37. The van der Waals surface area contributed by atoms with Gasteiger partial charge in [0, 0.05) is 11.1 Å². The number of rotatable bonds is 3. The van der Waals surface area contributed by atoms with E-state index in [4.69, 9.17) is 22.1 Å². The standard InChI is InChI=1S/C15H13ClFNO2/c1-8-5-10(11(16)7-12(8)17)15(19)9-3-4-13(18)14(6-9)20-2/h3-7H,18H2,1-2H3. The van der Waals surface area contributed by atoms with E-state index in [0.29, 0.717) is 22.6 Å². The van der Waals surface area contributed by atoms with Crippen LogP contribution in [0.15, 0.2) is 30.3 Å². The number of methoxy groups -OCH3 is 1. The van der Waals surface area contributed by atoms with Crippen molar-refractivity contribution in [3.63, 3.8) is 0 Å². The normalized spacial score (nSPS) is 10.4. The molecule has 0 saturated heterocycles. The minimum atomic E-state index is -0.443. The maximum absolute atomic E-state index is 13.4. The van der Waals surface area contributed by atoms with Gasteiger partial charge in [0.1, 0.15) is 11.6 Å². The number of anilines is 1. The molecule has 104 valence electrons. The third-order valence-electron chi connectivity index (χ3n) is 2.99. The quantitative estimate of drug-likeness (QED) is 0.695. The highest BCUT2D eigenvalue weighted by molar-refractivity contribution is 6.35. The van der Waals surface area contributed by atoms with Gasteiger partial charge in [-0.1, -0.05) is 11.6 Å². The highest BCUT2D eigenvalue weighted by Gasteiger charge is 2.16. The molecule has 20 heavy (non-hydrogen) atoms. The summed E-state index contributed by atoms with van der Waals surface area (Å²) in [6.07, 6.45) is 0. The zero-order chi connectivity index (χ0) is 14.9. The number of hydrogen-bond donors (Lipinski definition) is 1. The van der Waals surface area contributed by atoms with Gasteiger partial charge in [-0.15, -0.1) is 0 Å². The second kappa shape index (κ2) is 5.51. The maximum atomic E-state index is 13.4. The van der Waals surface area contributed by atoms with E-state index in [-0.39, 0.29) is 16.4 Å². The number of halogens is 2. The molecule has 5 heteroatoms. The number of nitrogens with two attached hydrogens (primary N) is 1. The molecule has 0 amide bonds. The van der Waals surface area contributed by atoms with Crippen molar-refractivity contribution < 1.29 is 13.9 Å². The van der Waals surface area contributed by atoms with Gasteiger partial charge in [-0.2, -0.15) is 0 Å². The lowest BCUT2D eigenvalue weighted by molar-refractivity contribution is 0.103. The van der Waals surface area contributed by atoms with E-state index < -0.39 is 5.82 Å². The molecule has 0 bridgehead atoms. The molecule has 0 aromatic heterocycles. The lowest BCUT2D eigenvalue weighted by atomic mass is 10.0. The van der Waals surface area contributed by atoms with Crippen molar-refractivity contribution in [2.24, 2.45) is 0 Å². The molecule has 0 aliphatic heterocycles. The van der Waals surface area contributed by atoms with Gasteiger partial charge in [0.15, 0.2) is 5.78 Å². The van der Waals surface area contributed by atoms with E-state index >= 15 is 0 Å². The molecule has 0 atom stereocenters. The Morgan fingerprint density at radius 1 is 1.30 bits per heavy atom. The molecule has 0 fully saturated rings. The van der Waals surface area contributed by atoms with Crippen LogP contribution in [0.25, 0.3) is 0 Å². The third-order valence-corrected chi connectivity index (χ3v) is 3.30. The van der Waals surface area contributed by atoms with Crippen LogP contribution in [-0.2, 0) is 0 Å². The molecule has 0 heterocycles. The van der Waals surface area contributed by atoms with E-state index in [0.717, 1.165) is 6.07 Å². The van der Waals surface area contributed by atoms with Crippen LogP contribution in [0.1, 0.15) is 21.5 Å². The van der Waals surface area contributed by atoms with Crippen LogP contribution in [0.5, 0.6) is 5.75 Å². The van der Waals surface area contributed by atoms with Crippen molar-refractivity contribution in [3.05, 3.63) is 57.9 Å². The number of nitrogen functional groups attached to an aromatic ring is 1. The topological polar surface area (TPSA) is 52.3 Å². The molecule has 0 saturated carbocycles. The molecule has 0 aliphatic rings. The van der Waals surface area contributed by atoms with Crippen molar-refractivity contribution in [2.75, 3.05) is 12.8 Å². The first-order chi connectivity index (χ1) is 9.43.